The maximum atomic E-state index is 13.4. The molecule has 6 heteroatoms. The van der Waals surface area contributed by atoms with E-state index < -0.39 is 11.6 Å². The Labute approximate surface area is 128 Å². The molecule has 22 heavy (non-hydrogen) atoms. The first-order valence-corrected chi connectivity index (χ1v) is 7.46. The molecule has 2 aromatic rings. The molecular weight excluding hydrogens is 286 g/mol. The van der Waals surface area contributed by atoms with Gasteiger partial charge < -0.3 is 0 Å². The first kappa shape index (κ1) is 16.1. The number of hydrogen-bond donors (Lipinski definition) is 0. The summed E-state index contributed by atoms with van der Waals surface area (Å²) >= 11 is 0. The molecule has 0 aliphatic carbocycles. The normalized spacial score (nSPS) is 10.6. The van der Waals surface area contributed by atoms with Crippen LogP contribution < -0.4 is 0 Å². The lowest BCUT2D eigenvalue weighted by Gasteiger charge is -2.07. The summed E-state index contributed by atoms with van der Waals surface area (Å²) in [4.78, 5) is 0. The molecule has 0 bridgehead atoms. The maximum absolute atomic E-state index is 13.4. The summed E-state index contributed by atoms with van der Waals surface area (Å²) in [6, 6.07) is 5.50. The zero-order chi connectivity index (χ0) is 15.9. The van der Waals surface area contributed by atoms with Crippen molar-refractivity contribution in [1.82, 2.24) is 15.0 Å². The van der Waals surface area contributed by atoms with E-state index in [1.165, 1.54) is 18.9 Å². The van der Waals surface area contributed by atoms with E-state index in [1.807, 2.05) is 6.07 Å². The topological polar surface area (TPSA) is 54.5 Å². The fourth-order valence-corrected chi connectivity index (χ4v) is 2.34. The molecule has 0 N–H and O–H groups in total. The summed E-state index contributed by atoms with van der Waals surface area (Å²) in [5.41, 5.74) is 0.977. The van der Waals surface area contributed by atoms with Crippen molar-refractivity contribution < 1.29 is 8.78 Å². The van der Waals surface area contributed by atoms with Gasteiger partial charge in [0, 0.05) is 12.1 Å². The predicted octanol–water partition coefficient (Wildman–Crippen LogP) is 4.07. The molecule has 116 valence electrons. The van der Waals surface area contributed by atoms with Crippen molar-refractivity contribution in [2.24, 2.45) is 0 Å². The minimum absolute atomic E-state index is 0.125. The molecule has 0 atom stereocenters. The van der Waals surface area contributed by atoms with E-state index >= 15 is 0 Å². The molecule has 0 amide bonds. The molecular formula is C16H18F2N4. The minimum Gasteiger partial charge on any atom is -0.243 e. The average Bonchev–Trinajstić information content (AvgIpc) is 2.93. The van der Waals surface area contributed by atoms with Crippen molar-refractivity contribution in [2.45, 2.75) is 45.6 Å². The van der Waals surface area contributed by atoms with Crippen molar-refractivity contribution in [3.8, 4) is 17.3 Å². The Hall–Kier alpha value is -2.29. The van der Waals surface area contributed by atoms with Crippen molar-refractivity contribution in [3.63, 3.8) is 0 Å². The highest BCUT2D eigenvalue weighted by Crippen LogP contribution is 2.24. The van der Waals surface area contributed by atoms with E-state index in [0.717, 1.165) is 31.4 Å². The van der Waals surface area contributed by atoms with E-state index in [2.05, 4.69) is 17.2 Å². The van der Waals surface area contributed by atoms with Crippen LogP contribution in [0.2, 0.25) is 0 Å². The lowest BCUT2D eigenvalue weighted by Crippen LogP contribution is -2.03. The van der Waals surface area contributed by atoms with Gasteiger partial charge in [0.15, 0.2) is 17.3 Å². The van der Waals surface area contributed by atoms with Gasteiger partial charge in [-0.3, -0.25) is 0 Å². The molecule has 0 aliphatic rings. The van der Waals surface area contributed by atoms with Crippen LogP contribution in [0.4, 0.5) is 8.78 Å². The fourth-order valence-electron chi connectivity index (χ4n) is 2.34. The zero-order valence-electron chi connectivity index (χ0n) is 12.5. The quantitative estimate of drug-likeness (QED) is 0.725. The molecule has 0 fully saturated rings. The summed E-state index contributed by atoms with van der Waals surface area (Å²) in [6.07, 6.45) is 5.48. The summed E-state index contributed by atoms with van der Waals surface area (Å²) in [5, 5.41) is 16.9. The van der Waals surface area contributed by atoms with Gasteiger partial charge in [-0.15, -0.1) is 5.10 Å². The van der Waals surface area contributed by atoms with E-state index in [-0.39, 0.29) is 5.69 Å². The highest BCUT2D eigenvalue weighted by atomic mass is 19.2. The van der Waals surface area contributed by atoms with E-state index in [1.54, 1.807) is 4.68 Å². The van der Waals surface area contributed by atoms with Gasteiger partial charge in [-0.25, -0.2) is 13.5 Å². The molecule has 0 saturated carbocycles. The Kier molecular flexibility index (Phi) is 5.59. The fraction of sp³-hybridized carbons (Fsp3) is 0.438. The van der Waals surface area contributed by atoms with Crippen LogP contribution in [0.5, 0.6) is 0 Å². The average molecular weight is 304 g/mol. The predicted molar refractivity (Wildman–Crippen MR) is 78.8 cm³/mol. The number of aromatic nitrogens is 3. The van der Waals surface area contributed by atoms with Gasteiger partial charge in [0.05, 0.1) is 0 Å². The van der Waals surface area contributed by atoms with Gasteiger partial charge in [-0.2, -0.15) is 5.26 Å². The Morgan fingerprint density at radius 2 is 1.91 bits per heavy atom. The van der Waals surface area contributed by atoms with Crippen molar-refractivity contribution >= 4 is 0 Å². The summed E-state index contributed by atoms with van der Waals surface area (Å²) in [7, 11) is 0. The number of hydrogen-bond acceptors (Lipinski definition) is 3. The van der Waals surface area contributed by atoms with Crippen molar-refractivity contribution in [3.05, 3.63) is 35.5 Å². The smallest absolute Gasteiger partial charge is 0.190 e. The number of benzene rings is 1. The highest BCUT2D eigenvalue weighted by molar-refractivity contribution is 5.64. The second kappa shape index (κ2) is 7.64. The van der Waals surface area contributed by atoms with Crippen molar-refractivity contribution in [2.75, 3.05) is 0 Å². The molecule has 4 nitrogen and oxygen atoms in total. The zero-order valence-corrected chi connectivity index (χ0v) is 12.5. The number of nitriles is 1. The van der Waals surface area contributed by atoms with Gasteiger partial charge in [0.1, 0.15) is 11.8 Å². The highest BCUT2D eigenvalue weighted by Gasteiger charge is 2.16. The van der Waals surface area contributed by atoms with Crippen molar-refractivity contribution in [1.29, 1.82) is 5.26 Å². The van der Waals surface area contributed by atoms with Crippen LogP contribution in [0, 0.1) is 23.0 Å². The monoisotopic (exact) mass is 304 g/mol. The summed E-state index contributed by atoms with van der Waals surface area (Å²) in [6.45, 7) is 2.75. The third kappa shape index (κ3) is 3.67. The van der Waals surface area contributed by atoms with Crippen LogP contribution in [-0.4, -0.2) is 15.0 Å². The molecule has 0 spiro atoms. The number of halogens is 2. The Morgan fingerprint density at radius 3 is 2.59 bits per heavy atom. The van der Waals surface area contributed by atoms with Crippen LogP contribution in [0.15, 0.2) is 18.2 Å². The first-order valence-electron chi connectivity index (χ1n) is 7.46. The molecule has 1 heterocycles. The second-order valence-corrected chi connectivity index (χ2v) is 5.16. The maximum Gasteiger partial charge on any atom is 0.190 e. The largest absolute Gasteiger partial charge is 0.243 e. The Bertz CT molecular complexity index is 673. The SMILES string of the molecule is CCCCCCCn1nnc(C#N)c1-c1ccc(F)c(F)c1. The van der Waals surface area contributed by atoms with E-state index in [4.69, 9.17) is 5.26 Å². The molecule has 2 rings (SSSR count). The number of nitrogens with zero attached hydrogens (tertiary/aromatic N) is 4. The number of unbranched alkanes of at least 4 members (excludes halogenated alkanes) is 4. The molecule has 0 radical (unpaired) electrons. The van der Waals surface area contributed by atoms with Crippen LogP contribution in [0.1, 0.15) is 44.7 Å². The van der Waals surface area contributed by atoms with Gasteiger partial charge in [-0.1, -0.05) is 37.8 Å². The first-order chi connectivity index (χ1) is 10.7. The lowest BCUT2D eigenvalue weighted by molar-refractivity contribution is 0.507. The van der Waals surface area contributed by atoms with E-state index in [9.17, 15) is 8.78 Å². The number of aryl methyl sites for hydroxylation is 1. The van der Waals surface area contributed by atoms with Crippen LogP contribution in [0.25, 0.3) is 11.3 Å². The summed E-state index contributed by atoms with van der Waals surface area (Å²) < 4.78 is 28.1. The van der Waals surface area contributed by atoms with Crippen LogP contribution in [-0.2, 0) is 6.54 Å². The van der Waals surface area contributed by atoms with Gasteiger partial charge >= 0.3 is 0 Å². The standard InChI is InChI=1S/C16H18F2N4/c1-2-3-4-5-6-9-22-16(15(11-19)20-21-22)12-7-8-13(17)14(18)10-12/h7-8,10H,2-6,9H2,1H3. The third-order valence-corrected chi connectivity index (χ3v) is 3.51. The molecule has 0 saturated heterocycles. The molecule has 1 aromatic carbocycles. The van der Waals surface area contributed by atoms with Gasteiger partial charge in [0.25, 0.3) is 0 Å². The van der Waals surface area contributed by atoms with Gasteiger partial charge in [-0.05, 0) is 24.6 Å². The Morgan fingerprint density at radius 1 is 1.14 bits per heavy atom. The minimum atomic E-state index is -0.947. The second-order valence-electron chi connectivity index (χ2n) is 5.16. The number of rotatable bonds is 7. The molecule has 0 aliphatic heterocycles. The van der Waals surface area contributed by atoms with E-state index in [0.29, 0.717) is 17.8 Å². The summed E-state index contributed by atoms with van der Waals surface area (Å²) in [5.74, 6) is -1.86. The lowest BCUT2D eigenvalue weighted by atomic mass is 10.1. The molecule has 0 unspecified atom stereocenters. The van der Waals surface area contributed by atoms with Crippen LogP contribution >= 0.6 is 0 Å². The third-order valence-electron chi connectivity index (χ3n) is 3.51. The van der Waals surface area contributed by atoms with Crippen LogP contribution in [0.3, 0.4) is 0 Å². The molecule has 1 aromatic heterocycles. The Balaban J connectivity index is 2.20. The van der Waals surface area contributed by atoms with Gasteiger partial charge in [0.2, 0.25) is 0 Å².